The first-order valence-electron chi connectivity index (χ1n) is 8.07. The third-order valence-corrected chi connectivity index (χ3v) is 5.47. The SMILES string of the molecule is CCCCC(=O)OC1CS(=O)(=O)CC1N(CCC)CCC. The van der Waals surface area contributed by atoms with Crippen molar-refractivity contribution in [3.63, 3.8) is 0 Å². The van der Waals surface area contributed by atoms with Crippen LogP contribution in [0.5, 0.6) is 0 Å². The van der Waals surface area contributed by atoms with Crippen LogP contribution in [0.25, 0.3) is 0 Å². The number of unbranched alkanes of at least 4 members (excludes halogenated alkanes) is 1. The van der Waals surface area contributed by atoms with Crippen molar-refractivity contribution < 1.29 is 17.9 Å². The number of nitrogens with zero attached hydrogens (tertiary/aromatic N) is 1. The van der Waals surface area contributed by atoms with E-state index in [2.05, 4.69) is 18.7 Å². The van der Waals surface area contributed by atoms with Crippen molar-refractivity contribution in [2.75, 3.05) is 24.6 Å². The third-order valence-electron chi connectivity index (χ3n) is 3.78. The molecule has 1 heterocycles. The topological polar surface area (TPSA) is 63.7 Å². The summed E-state index contributed by atoms with van der Waals surface area (Å²) in [6.45, 7) is 7.86. The molecule has 0 spiro atoms. The number of carbonyl (C=O) groups excluding carboxylic acids is 1. The van der Waals surface area contributed by atoms with Crippen LogP contribution in [0.4, 0.5) is 0 Å². The summed E-state index contributed by atoms with van der Waals surface area (Å²) in [5.74, 6) is -0.185. The highest BCUT2D eigenvalue weighted by Crippen LogP contribution is 2.22. The molecule has 2 unspecified atom stereocenters. The summed E-state index contributed by atoms with van der Waals surface area (Å²) >= 11 is 0. The van der Waals surface area contributed by atoms with Gasteiger partial charge in [-0.15, -0.1) is 0 Å². The zero-order valence-electron chi connectivity index (χ0n) is 13.5. The Hall–Kier alpha value is -0.620. The second-order valence-electron chi connectivity index (χ2n) is 5.81. The minimum Gasteiger partial charge on any atom is -0.460 e. The van der Waals surface area contributed by atoms with E-state index in [0.717, 1.165) is 38.8 Å². The maximum atomic E-state index is 11.9. The number of hydrogen-bond donors (Lipinski definition) is 0. The zero-order valence-corrected chi connectivity index (χ0v) is 14.3. The Bertz CT molecular complexity index is 415. The lowest BCUT2D eigenvalue weighted by molar-refractivity contribution is -0.150. The number of sulfone groups is 1. The Balaban J connectivity index is 2.75. The maximum Gasteiger partial charge on any atom is 0.306 e. The minimum atomic E-state index is -3.11. The van der Waals surface area contributed by atoms with Gasteiger partial charge >= 0.3 is 5.97 Å². The molecule has 0 aromatic rings. The summed E-state index contributed by atoms with van der Waals surface area (Å²) < 4.78 is 29.4. The largest absolute Gasteiger partial charge is 0.460 e. The molecule has 1 aliphatic rings. The van der Waals surface area contributed by atoms with Crippen molar-refractivity contribution in [2.45, 2.75) is 65.0 Å². The Kier molecular flexibility index (Phi) is 7.66. The van der Waals surface area contributed by atoms with Crippen LogP contribution in [-0.4, -0.2) is 56.0 Å². The summed E-state index contributed by atoms with van der Waals surface area (Å²) in [7, 11) is -3.11. The molecule has 1 rings (SSSR count). The molecular formula is C15H29NO4S. The Morgan fingerprint density at radius 2 is 1.71 bits per heavy atom. The van der Waals surface area contributed by atoms with Gasteiger partial charge in [0, 0.05) is 6.42 Å². The number of rotatable bonds is 9. The Morgan fingerprint density at radius 3 is 2.24 bits per heavy atom. The van der Waals surface area contributed by atoms with Crippen LogP contribution in [0.3, 0.4) is 0 Å². The van der Waals surface area contributed by atoms with E-state index in [1.165, 1.54) is 0 Å². The van der Waals surface area contributed by atoms with E-state index >= 15 is 0 Å². The molecule has 0 N–H and O–H groups in total. The van der Waals surface area contributed by atoms with Gasteiger partial charge < -0.3 is 4.74 Å². The molecule has 1 aliphatic heterocycles. The van der Waals surface area contributed by atoms with Gasteiger partial charge in [-0.05, 0) is 32.4 Å². The minimum absolute atomic E-state index is 0.0283. The van der Waals surface area contributed by atoms with Crippen molar-refractivity contribution >= 4 is 15.8 Å². The van der Waals surface area contributed by atoms with Crippen LogP contribution in [0, 0.1) is 0 Å². The van der Waals surface area contributed by atoms with Gasteiger partial charge in [-0.3, -0.25) is 9.69 Å². The Labute approximate surface area is 129 Å². The molecule has 124 valence electrons. The van der Waals surface area contributed by atoms with E-state index in [1.807, 2.05) is 6.92 Å². The van der Waals surface area contributed by atoms with E-state index < -0.39 is 15.9 Å². The molecule has 5 nitrogen and oxygen atoms in total. The molecule has 6 heteroatoms. The molecule has 1 saturated heterocycles. The van der Waals surface area contributed by atoms with E-state index in [4.69, 9.17) is 4.74 Å². The standard InChI is InChI=1S/C15H29NO4S/c1-4-7-8-15(17)20-14-12-21(18,19)11-13(14)16(9-5-2)10-6-3/h13-14H,4-12H2,1-3H3. The molecule has 0 amide bonds. The fourth-order valence-electron chi connectivity index (χ4n) is 2.82. The second kappa shape index (κ2) is 8.73. The molecule has 0 aliphatic carbocycles. The quantitative estimate of drug-likeness (QED) is 0.608. The van der Waals surface area contributed by atoms with E-state index in [9.17, 15) is 13.2 Å². The molecule has 0 bridgehead atoms. The molecule has 0 saturated carbocycles. The van der Waals surface area contributed by atoms with Gasteiger partial charge in [-0.1, -0.05) is 27.2 Å². The van der Waals surface area contributed by atoms with Crippen molar-refractivity contribution in [2.24, 2.45) is 0 Å². The molecule has 0 radical (unpaired) electrons. The fourth-order valence-corrected chi connectivity index (χ4v) is 4.69. The summed E-state index contributed by atoms with van der Waals surface area (Å²) in [6, 6.07) is -0.180. The van der Waals surface area contributed by atoms with Crippen LogP contribution in [-0.2, 0) is 19.4 Å². The van der Waals surface area contributed by atoms with E-state index in [0.29, 0.717) is 6.42 Å². The van der Waals surface area contributed by atoms with Crippen molar-refractivity contribution in [3.05, 3.63) is 0 Å². The first kappa shape index (κ1) is 18.4. The average Bonchev–Trinajstić information content (AvgIpc) is 2.71. The monoisotopic (exact) mass is 319 g/mol. The molecule has 0 aromatic carbocycles. The fraction of sp³-hybridized carbons (Fsp3) is 0.933. The highest BCUT2D eigenvalue weighted by atomic mass is 32.2. The van der Waals surface area contributed by atoms with Crippen LogP contribution in [0.15, 0.2) is 0 Å². The molecule has 1 fully saturated rings. The second-order valence-corrected chi connectivity index (χ2v) is 7.97. The van der Waals surface area contributed by atoms with Crippen molar-refractivity contribution in [1.29, 1.82) is 0 Å². The number of ether oxygens (including phenoxy) is 1. The first-order chi connectivity index (χ1) is 9.93. The maximum absolute atomic E-state index is 11.9. The zero-order chi connectivity index (χ0) is 15.9. The summed E-state index contributed by atoms with van der Waals surface area (Å²) in [6.07, 6.45) is 3.52. The summed E-state index contributed by atoms with van der Waals surface area (Å²) in [5.41, 5.74) is 0. The van der Waals surface area contributed by atoms with Crippen LogP contribution in [0.2, 0.25) is 0 Å². The number of esters is 1. The highest BCUT2D eigenvalue weighted by Gasteiger charge is 2.42. The molecule has 0 aromatic heterocycles. The van der Waals surface area contributed by atoms with Gasteiger partial charge in [-0.25, -0.2) is 8.42 Å². The molecule has 21 heavy (non-hydrogen) atoms. The van der Waals surface area contributed by atoms with E-state index in [-0.39, 0.29) is 23.5 Å². The highest BCUT2D eigenvalue weighted by molar-refractivity contribution is 7.91. The van der Waals surface area contributed by atoms with E-state index in [1.54, 1.807) is 0 Å². The van der Waals surface area contributed by atoms with Crippen molar-refractivity contribution in [3.8, 4) is 0 Å². The van der Waals surface area contributed by atoms with Crippen LogP contribution < -0.4 is 0 Å². The lowest BCUT2D eigenvalue weighted by Crippen LogP contribution is -2.45. The lowest BCUT2D eigenvalue weighted by atomic mass is 10.1. The number of carbonyl (C=O) groups is 1. The van der Waals surface area contributed by atoms with Gasteiger partial charge in [0.2, 0.25) is 0 Å². The van der Waals surface area contributed by atoms with Gasteiger partial charge in [0.05, 0.1) is 17.5 Å². The predicted octanol–water partition coefficient (Wildman–Crippen LogP) is 2.01. The summed E-state index contributed by atoms with van der Waals surface area (Å²) in [4.78, 5) is 14.0. The van der Waals surface area contributed by atoms with Crippen molar-refractivity contribution in [1.82, 2.24) is 4.90 Å². The smallest absolute Gasteiger partial charge is 0.306 e. The van der Waals surface area contributed by atoms with Gasteiger partial charge in [0.25, 0.3) is 0 Å². The number of hydrogen-bond acceptors (Lipinski definition) is 5. The van der Waals surface area contributed by atoms with Crippen LogP contribution >= 0.6 is 0 Å². The first-order valence-corrected chi connectivity index (χ1v) is 9.89. The van der Waals surface area contributed by atoms with Gasteiger partial charge in [-0.2, -0.15) is 0 Å². The average molecular weight is 319 g/mol. The van der Waals surface area contributed by atoms with Gasteiger partial charge in [0.1, 0.15) is 6.10 Å². The summed E-state index contributed by atoms with van der Waals surface area (Å²) in [5, 5.41) is 0. The lowest BCUT2D eigenvalue weighted by Gasteiger charge is -2.31. The Morgan fingerprint density at radius 1 is 1.10 bits per heavy atom. The van der Waals surface area contributed by atoms with Crippen LogP contribution in [0.1, 0.15) is 52.9 Å². The normalized spacial score (nSPS) is 24.4. The van der Waals surface area contributed by atoms with Gasteiger partial charge in [0.15, 0.2) is 9.84 Å². The molecular weight excluding hydrogens is 290 g/mol. The third kappa shape index (κ3) is 5.94. The predicted molar refractivity (Wildman–Crippen MR) is 84.0 cm³/mol. The molecule has 2 atom stereocenters.